The van der Waals surface area contributed by atoms with Crippen LogP contribution in [0.1, 0.15) is 58.5 Å². The number of benzene rings is 1. The number of hydrogen-bond acceptors (Lipinski definition) is 3. The number of halogens is 3. The van der Waals surface area contributed by atoms with Crippen molar-refractivity contribution < 1.29 is 27.9 Å². The Morgan fingerprint density at radius 3 is 2.17 bits per heavy atom. The smallest absolute Gasteiger partial charge is 0.417 e. The number of primary amides is 1. The molecule has 1 rings (SSSR count). The first-order valence-electron chi connectivity index (χ1n) is 7.08. The molecular formula is C15H19F3N2O3. The quantitative estimate of drug-likeness (QED) is 0.744. The van der Waals surface area contributed by atoms with E-state index in [-0.39, 0.29) is 17.3 Å². The minimum Gasteiger partial charge on any atom is -0.478 e. The van der Waals surface area contributed by atoms with Crippen LogP contribution in [0.25, 0.3) is 0 Å². The van der Waals surface area contributed by atoms with Crippen molar-refractivity contribution in [3.05, 3.63) is 28.3 Å². The first-order chi connectivity index (χ1) is 10.5. The molecule has 0 aliphatic carbocycles. The molecule has 0 aliphatic rings. The number of nitrogens with two attached hydrogens (primary N) is 1. The Balaban J connectivity index is 3.71. The molecule has 1 aromatic rings. The second-order valence-corrected chi connectivity index (χ2v) is 5.17. The van der Waals surface area contributed by atoms with E-state index in [1.54, 1.807) is 0 Å². The largest absolute Gasteiger partial charge is 0.478 e. The molecule has 0 radical (unpaired) electrons. The van der Waals surface area contributed by atoms with Gasteiger partial charge in [0.05, 0.1) is 16.7 Å². The van der Waals surface area contributed by atoms with E-state index >= 15 is 0 Å². The SMILES string of the molecule is CCC(CC)Nc1cc(C(=O)O)c(C(F)(F)F)c(C)c1C(N)=O. The lowest BCUT2D eigenvalue weighted by Crippen LogP contribution is -2.25. The maximum Gasteiger partial charge on any atom is 0.417 e. The predicted octanol–water partition coefficient (Wildman–Crippen LogP) is 3.41. The van der Waals surface area contributed by atoms with E-state index in [0.717, 1.165) is 13.0 Å². The van der Waals surface area contributed by atoms with Gasteiger partial charge in [-0.2, -0.15) is 13.2 Å². The van der Waals surface area contributed by atoms with Crippen molar-refractivity contribution in [2.75, 3.05) is 5.32 Å². The summed E-state index contributed by atoms with van der Waals surface area (Å²) in [5, 5.41) is 12.0. The van der Waals surface area contributed by atoms with Gasteiger partial charge in [0.1, 0.15) is 0 Å². The standard InChI is InChI=1S/C15H19F3N2O3/c1-4-8(5-2)20-10-6-9(14(22)23)12(15(16,17)18)7(3)11(10)13(19)21/h6,8,20H,4-5H2,1-3H3,(H2,19,21)(H,22,23). The molecule has 0 bridgehead atoms. The summed E-state index contributed by atoms with van der Waals surface area (Å²) in [6.07, 6.45) is -3.61. The number of anilines is 1. The third-order valence-corrected chi connectivity index (χ3v) is 3.68. The van der Waals surface area contributed by atoms with E-state index in [0.29, 0.717) is 12.8 Å². The van der Waals surface area contributed by atoms with Gasteiger partial charge in [0, 0.05) is 11.7 Å². The molecule has 8 heteroatoms. The molecule has 4 N–H and O–H groups in total. The van der Waals surface area contributed by atoms with Crippen LogP contribution in [0, 0.1) is 6.92 Å². The Kier molecular flexibility index (Phi) is 5.63. The van der Waals surface area contributed by atoms with Crippen molar-refractivity contribution in [3.8, 4) is 0 Å². The molecule has 0 saturated carbocycles. The maximum absolute atomic E-state index is 13.2. The lowest BCUT2D eigenvalue weighted by atomic mass is 9.93. The second-order valence-electron chi connectivity index (χ2n) is 5.17. The van der Waals surface area contributed by atoms with E-state index < -0.39 is 34.7 Å². The summed E-state index contributed by atoms with van der Waals surface area (Å²) in [5.41, 5.74) is 2.14. The summed E-state index contributed by atoms with van der Waals surface area (Å²) in [6.45, 7) is 4.77. The Bertz CT molecular complexity index is 623. The number of alkyl halides is 3. The van der Waals surface area contributed by atoms with E-state index in [4.69, 9.17) is 10.8 Å². The number of hydrogen-bond donors (Lipinski definition) is 3. The molecule has 0 saturated heterocycles. The lowest BCUT2D eigenvalue weighted by Gasteiger charge is -2.23. The zero-order valence-corrected chi connectivity index (χ0v) is 13.0. The van der Waals surface area contributed by atoms with Crippen LogP contribution in [0.3, 0.4) is 0 Å². The van der Waals surface area contributed by atoms with Crippen LogP contribution in [-0.4, -0.2) is 23.0 Å². The van der Waals surface area contributed by atoms with Gasteiger partial charge < -0.3 is 16.2 Å². The van der Waals surface area contributed by atoms with E-state index in [2.05, 4.69) is 5.32 Å². The van der Waals surface area contributed by atoms with Crippen molar-refractivity contribution in [2.24, 2.45) is 5.73 Å². The van der Waals surface area contributed by atoms with Gasteiger partial charge in [0.15, 0.2) is 0 Å². The number of nitrogens with one attached hydrogen (secondary N) is 1. The van der Waals surface area contributed by atoms with Gasteiger partial charge in [-0.25, -0.2) is 4.79 Å². The Morgan fingerprint density at radius 2 is 1.83 bits per heavy atom. The van der Waals surface area contributed by atoms with Crippen molar-refractivity contribution >= 4 is 17.6 Å². The van der Waals surface area contributed by atoms with Crippen LogP contribution in [0.2, 0.25) is 0 Å². The number of amides is 1. The highest BCUT2D eigenvalue weighted by Gasteiger charge is 2.39. The number of rotatable bonds is 6. The fraction of sp³-hybridized carbons (Fsp3) is 0.467. The summed E-state index contributed by atoms with van der Waals surface area (Å²) in [5.74, 6) is -2.76. The van der Waals surface area contributed by atoms with Crippen molar-refractivity contribution in [3.63, 3.8) is 0 Å². The summed E-state index contributed by atoms with van der Waals surface area (Å²) in [4.78, 5) is 22.9. The van der Waals surface area contributed by atoms with Gasteiger partial charge >= 0.3 is 12.1 Å². The number of carbonyl (C=O) groups excluding carboxylic acids is 1. The molecule has 0 aromatic heterocycles. The van der Waals surface area contributed by atoms with E-state index in [9.17, 15) is 22.8 Å². The average Bonchev–Trinajstić information content (AvgIpc) is 2.41. The Hall–Kier alpha value is -2.25. The van der Waals surface area contributed by atoms with Gasteiger partial charge in [0.25, 0.3) is 5.91 Å². The summed E-state index contributed by atoms with van der Waals surface area (Å²) in [6, 6.07) is 0.710. The zero-order valence-electron chi connectivity index (χ0n) is 13.0. The molecule has 1 aromatic carbocycles. The van der Waals surface area contributed by atoms with Crippen LogP contribution in [-0.2, 0) is 6.18 Å². The highest BCUT2D eigenvalue weighted by atomic mass is 19.4. The van der Waals surface area contributed by atoms with Gasteiger partial charge in [-0.15, -0.1) is 0 Å². The predicted molar refractivity (Wildman–Crippen MR) is 79.7 cm³/mol. The van der Waals surface area contributed by atoms with Gasteiger partial charge in [-0.3, -0.25) is 4.79 Å². The molecule has 128 valence electrons. The minimum atomic E-state index is -4.91. The maximum atomic E-state index is 13.2. The van der Waals surface area contributed by atoms with Crippen molar-refractivity contribution in [2.45, 2.75) is 45.8 Å². The second kappa shape index (κ2) is 6.89. The first-order valence-corrected chi connectivity index (χ1v) is 7.08. The number of aromatic carboxylic acids is 1. The highest BCUT2D eigenvalue weighted by molar-refractivity contribution is 6.03. The van der Waals surface area contributed by atoms with Crippen molar-refractivity contribution in [1.29, 1.82) is 0 Å². The number of carbonyl (C=O) groups is 2. The Labute approximate surface area is 131 Å². The third-order valence-electron chi connectivity index (χ3n) is 3.68. The van der Waals surface area contributed by atoms with Gasteiger partial charge in [-0.05, 0) is 31.4 Å². The zero-order chi connectivity index (χ0) is 17.9. The number of carboxylic acids is 1. The van der Waals surface area contributed by atoms with Crippen LogP contribution in [0.15, 0.2) is 6.07 Å². The van der Waals surface area contributed by atoms with E-state index in [1.807, 2.05) is 13.8 Å². The molecular weight excluding hydrogens is 313 g/mol. The van der Waals surface area contributed by atoms with Crippen LogP contribution >= 0.6 is 0 Å². The molecule has 0 aliphatic heterocycles. The minimum absolute atomic E-state index is 0.00843. The number of carboxylic acid groups (broad SMARTS) is 1. The molecule has 0 unspecified atom stereocenters. The van der Waals surface area contributed by atoms with Crippen LogP contribution < -0.4 is 11.1 Å². The molecule has 0 fully saturated rings. The summed E-state index contributed by atoms with van der Waals surface area (Å²) < 4.78 is 39.6. The van der Waals surface area contributed by atoms with Crippen LogP contribution in [0.5, 0.6) is 0 Å². The molecule has 5 nitrogen and oxygen atoms in total. The highest BCUT2D eigenvalue weighted by Crippen LogP contribution is 2.39. The summed E-state index contributed by atoms with van der Waals surface area (Å²) in [7, 11) is 0. The normalized spacial score (nSPS) is 11.6. The average molecular weight is 332 g/mol. The molecule has 0 atom stereocenters. The summed E-state index contributed by atoms with van der Waals surface area (Å²) >= 11 is 0. The van der Waals surface area contributed by atoms with Crippen molar-refractivity contribution in [1.82, 2.24) is 0 Å². The topological polar surface area (TPSA) is 92.4 Å². The van der Waals surface area contributed by atoms with Gasteiger partial charge in [-0.1, -0.05) is 13.8 Å². The molecule has 1 amide bonds. The fourth-order valence-corrected chi connectivity index (χ4v) is 2.50. The van der Waals surface area contributed by atoms with E-state index in [1.165, 1.54) is 0 Å². The van der Waals surface area contributed by atoms with Gasteiger partial charge in [0.2, 0.25) is 0 Å². The monoisotopic (exact) mass is 332 g/mol. The molecule has 0 spiro atoms. The lowest BCUT2D eigenvalue weighted by molar-refractivity contribution is -0.138. The first kappa shape index (κ1) is 18.8. The van der Waals surface area contributed by atoms with Crippen LogP contribution in [0.4, 0.5) is 18.9 Å². The molecule has 23 heavy (non-hydrogen) atoms. The molecule has 0 heterocycles. The third kappa shape index (κ3) is 3.94. The fourth-order valence-electron chi connectivity index (χ4n) is 2.50. The Morgan fingerprint density at radius 1 is 1.30 bits per heavy atom.